The van der Waals surface area contributed by atoms with Crippen LogP contribution < -0.4 is 5.32 Å². The van der Waals surface area contributed by atoms with Crippen LogP contribution in [-0.4, -0.2) is 19.6 Å². The van der Waals surface area contributed by atoms with E-state index in [0.29, 0.717) is 11.6 Å². The number of nitrogens with zero attached hydrogens (tertiary/aromatic N) is 4. The molecule has 0 aliphatic heterocycles. The van der Waals surface area contributed by atoms with Gasteiger partial charge < -0.3 is 5.32 Å². The minimum atomic E-state index is 0.647. The third-order valence-electron chi connectivity index (χ3n) is 4.90. The van der Waals surface area contributed by atoms with Gasteiger partial charge in [-0.1, -0.05) is 46.3 Å². The fraction of sp³-hybridized carbons (Fsp3) is 0.190. The second-order valence-corrected chi connectivity index (χ2v) is 7.65. The van der Waals surface area contributed by atoms with E-state index in [2.05, 4.69) is 33.4 Å². The van der Waals surface area contributed by atoms with E-state index in [1.807, 2.05) is 47.0 Å². The lowest BCUT2D eigenvalue weighted by molar-refractivity contribution is 0.662. The largest absolute Gasteiger partial charge is 0.340 e. The lowest BCUT2D eigenvalue weighted by Gasteiger charge is -2.20. The Morgan fingerprint density at radius 1 is 0.889 bits per heavy atom. The second kappa shape index (κ2) is 6.78. The molecular weight excluding hydrogens is 402 g/mol. The Labute approximate surface area is 165 Å². The average Bonchev–Trinajstić information content (AvgIpc) is 3.14. The minimum Gasteiger partial charge on any atom is -0.340 e. The number of hydrogen-bond donors (Lipinski definition) is 1. The van der Waals surface area contributed by atoms with Crippen molar-refractivity contribution in [2.24, 2.45) is 0 Å². The van der Waals surface area contributed by atoms with Crippen LogP contribution in [0.3, 0.4) is 0 Å². The Bertz CT molecular complexity index is 1100. The summed E-state index contributed by atoms with van der Waals surface area (Å²) in [6.45, 7) is 0. The standard InChI is InChI=1S/C21H18BrN5/c22-15-10-12-16(13-11-15)23-20-17-8-4-5-9-18(17)24-21-25-19(26-27(20)21)14-6-2-1-3-7-14/h1-3,6-7,10-13,23H,4-5,8-9H2. The number of benzene rings is 2. The van der Waals surface area contributed by atoms with Gasteiger partial charge in [-0.2, -0.15) is 9.50 Å². The number of hydrogen-bond acceptors (Lipinski definition) is 4. The summed E-state index contributed by atoms with van der Waals surface area (Å²) in [7, 11) is 0. The number of halogens is 1. The topological polar surface area (TPSA) is 55.1 Å². The summed E-state index contributed by atoms with van der Waals surface area (Å²) in [5.41, 5.74) is 4.41. The van der Waals surface area contributed by atoms with E-state index in [1.54, 1.807) is 0 Å². The maximum Gasteiger partial charge on any atom is 0.254 e. The highest BCUT2D eigenvalue weighted by Gasteiger charge is 2.21. The molecule has 27 heavy (non-hydrogen) atoms. The van der Waals surface area contributed by atoms with Gasteiger partial charge in [-0.3, -0.25) is 0 Å². The van der Waals surface area contributed by atoms with Gasteiger partial charge in [-0.25, -0.2) is 4.98 Å². The molecule has 0 spiro atoms. The van der Waals surface area contributed by atoms with Crippen molar-refractivity contribution >= 4 is 33.2 Å². The van der Waals surface area contributed by atoms with Crippen LogP contribution >= 0.6 is 15.9 Å². The lowest BCUT2D eigenvalue weighted by Crippen LogP contribution is -2.13. The molecule has 0 amide bonds. The zero-order valence-electron chi connectivity index (χ0n) is 14.7. The smallest absolute Gasteiger partial charge is 0.254 e. The van der Waals surface area contributed by atoms with Gasteiger partial charge in [-0.15, -0.1) is 5.10 Å². The van der Waals surface area contributed by atoms with Crippen molar-refractivity contribution in [1.29, 1.82) is 0 Å². The summed E-state index contributed by atoms with van der Waals surface area (Å²) in [6.07, 6.45) is 4.36. The van der Waals surface area contributed by atoms with Gasteiger partial charge >= 0.3 is 0 Å². The molecule has 0 bridgehead atoms. The first kappa shape index (κ1) is 16.4. The fourth-order valence-corrected chi connectivity index (χ4v) is 3.81. The second-order valence-electron chi connectivity index (χ2n) is 6.74. The van der Waals surface area contributed by atoms with Crippen LogP contribution in [0.15, 0.2) is 59.1 Å². The fourth-order valence-electron chi connectivity index (χ4n) is 3.55. The van der Waals surface area contributed by atoms with Crippen LogP contribution in [0.4, 0.5) is 11.5 Å². The van der Waals surface area contributed by atoms with Gasteiger partial charge in [0.1, 0.15) is 5.82 Å². The van der Waals surface area contributed by atoms with Crippen molar-refractivity contribution in [3.63, 3.8) is 0 Å². The molecule has 0 radical (unpaired) electrons. The van der Waals surface area contributed by atoms with Crippen molar-refractivity contribution in [2.45, 2.75) is 25.7 Å². The summed E-state index contributed by atoms with van der Waals surface area (Å²) in [6, 6.07) is 18.2. The van der Waals surface area contributed by atoms with Crippen LogP contribution in [0, 0.1) is 0 Å². The first-order chi connectivity index (χ1) is 13.3. The number of nitrogens with one attached hydrogen (secondary N) is 1. The molecule has 6 heteroatoms. The van der Waals surface area contributed by atoms with Crippen molar-refractivity contribution in [1.82, 2.24) is 19.6 Å². The molecule has 1 N–H and O–H groups in total. The molecule has 0 saturated heterocycles. The van der Waals surface area contributed by atoms with Gasteiger partial charge in [0.05, 0.1) is 5.69 Å². The molecule has 0 fully saturated rings. The van der Waals surface area contributed by atoms with Gasteiger partial charge in [0.2, 0.25) is 0 Å². The van der Waals surface area contributed by atoms with Gasteiger partial charge in [0.25, 0.3) is 5.78 Å². The molecule has 1 aliphatic rings. The molecule has 134 valence electrons. The highest BCUT2D eigenvalue weighted by Crippen LogP contribution is 2.30. The van der Waals surface area contributed by atoms with Crippen molar-refractivity contribution in [3.8, 4) is 11.4 Å². The van der Waals surface area contributed by atoms with Crippen LogP contribution in [0.2, 0.25) is 0 Å². The Morgan fingerprint density at radius 2 is 1.67 bits per heavy atom. The summed E-state index contributed by atoms with van der Waals surface area (Å²) >= 11 is 3.49. The number of rotatable bonds is 3. The maximum atomic E-state index is 4.82. The number of fused-ring (bicyclic) bond motifs is 2. The van der Waals surface area contributed by atoms with Gasteiger partial charge in [0.15, 0.2) is 5.82 Å². The highest BCUT2D eigenvalue weighted by atomic mass is 79.9. The van der Waals surface area contributed by atoms with Gasteiger partial charge in [-0.05, 0) is 49.9 Å². The molecular formula is C21H18BrN5. The molecule has 0 saturated carbocycles. The van der Waals surface area contributed by atoms with Crippen molar-refractivity contribution < 1.29 is 0 Å². The monoisotopic (exact) mass is 419 g/mol. The van der Waals surface area contributed by atoms with Gasteiger partial charge in [0, 0.05) is 21.3 Å². The molecule has 2 aromatic heterocycles. The Kier molecular flexibility index (Phi) is 4.13. The molecule has 0 unspecified atom stereocenters. The predicted octanol–water partition coefficient (Wildman–Crippen LogP) is 5.18. The summed E-state index contributed by atoms with van der Waals surface area (Å²) < 4.78 is 2.91. The Hall–Kier alpha value is -2.73. The molecule has 1 aliphatic carbocycles. The van der Waals surface area contributed by atoms with Crippen molar-refractivity contribution in [2.75, 3.05) is 5.32 Å². The van der Waals surface area contributed by atoms with E-state index in [4.69, 9.17) is 15.1 Å². The molecule has 2 aromatic carbocycles. The SMILES string of the molecule is Brc1ccc(Nc2c3c(nc4nc(-c5ccccc5)nn24)CCCC3)cc1. The van der Waals surface area contributed by atoms with E-state index in [-0.39, 0.29) is 0 Å². The average molecular weight is 420 g/mol. The van der Waals surface area contributed by atoms with E-state index >= 15 is 0 Å². The van der Waals surface area contributed by atoms with Crippen LogP contribution in [0.1, 0.15) is 24.1 Å². The van der Waals surface area contributed by atoms with Crippen molar-refractivity contribution in [3.05, 3.63) is 70.3 Å². The molecule has 5 nitrogen and oxygen atoms in total. The van der Waals surface area contributed by atoms with E-state index < -0.39 is 0 Å². The Morgan fingerprint density at radius 3 is 2.48 bits per heavy atom. The van der Waals surface area contributed by atoms with Crippen LogP contribution in [-0.2, 0) is 12.8 Å². The first-order valence-corrected chi connectivity index (χ1v) is 9.94. The zero-order valence-corrected chi connectivity index (χ0v) is 16.3. The summed E-state index contributed by atoms with van der Waals surface area (Å²) in [5, 5.41) is 8.34. The third-order valence-corrected chi connectivity index (χ3v) is 5.43. The molecule has 5 rings (SSSR count). The summed E-state index contributed by atoms with van der Waals surface area (Å²) in [5.74, 6) is 2.32. The minimum absolute atomic E-state index is 0.647. The quantitative estimate of drug-likeness (QED) is 0.497. The van der Waals surface area contributed by atoms with E-state index in [0.717, 1.165) is 40.1 Å². The molecule has 4 aromatic rings. The Balaban J connectivity index is 1.68. The number of aryl methyl sites for hydroxylation is 1. The van der Waals surface area contributed by atoms with E-state index in [1.165, 1.54) is 18.4 Å². The predicted molar refractivity (Wildman–Crippen MR) is 110 cm³/mol. The normalized spacial score (nSPS) is 13.5. The zero-order chi connectivity index (χ0) is 18.2. The highest BCUT2D eigenvalue weighted by molar-refractivity contribution is 9.10. The lowest BCUT2D eigenvalue weighted by atomic mass is 9.96. The third kappa shape index (κ3) is 3.10. The molecule has 0 atom stereocenters. The summed E-state index contributed by atoms with van der Waals surface area (Å²) in [4.78, 5) is 9.52. The number of anilines is 2. The van der Waals surface area contributed by atoms with E-state index in [9.17, 15) is 0 Å². The maximum absolute atomic E-state index is 4.82. The van der Waals surface area contributed by atoms with Crippen LogP contribution in [0.25, 0.3) is 17.2 Å². The molecule has 2 heterocycles. The van der Waals surface area contributed by atoms with Crippen LogP contribution in [0.5, 0.6) is 0 Å². The number of aromatic nitrogens is 4. The first-order valence-electron chi connectivity index (χ1n) is 9.14.